The monoisotopic (exact) mass is 467 g/mol. The lowest BCUT2D eigenvalue weighted by atomic mass is 10.1. The second-order valence-electron chi connectivity index (χ2n) is 6.48. The summed E-state index contributed by atoms with van der Waals surface area (Å²) in [6, 6.07) is 5.71. The number of non-ortho nitro benzene ring substituents is 1. The number of aryl methyl sites for hydroxylation is 1. The number of aromatic nitrogens is 1. The van der Waals surface area contributed by atoms with Crippen molar-refractivity contribution >= 4 is 33.3 Å². The van der Waals surface area contributed by atoms with Crippen molar-refractivity contribution in [1.29, 1.82) is 0 Å². The van der Waals surface area contributed by atoms with Gasteiger partial charge in [-0.05, 0) is 30.3 Å². The zero-order chi connectivity index (χ0) is 24.1. The Balaban J connectivity index is 2.41. The first-order valence-corrected chi connectivity index (χ1v) is 10.4. The SMILES string of the molecule is Cc1ccc(NS(=O)(=O)c2cccc([N+](=O)[O-])c2)c(=O)n1C(CCON=C(N)N)C(N)=O. The number of oxime groups is 1. The highest BCUT2D eigenvalue weighted by Crippen LogP contribution is 2.20. The molecule has 32 heavy (non-hydrogen) atoms. The Morgan fingerprint density at radius 1 is 1.28 bits per heavy atom. The van der Waals surface area contributed by atoms with Gasteiger partial charge in [0.1, 0.15) is 18.3 Å². The van der Waals surface area contributed by atoms with Crippen molar-refractivity contribution in [3.8, 4) is 0 Å². The van der Waals surface area contributed by atoms with Gasteiger partial charge < -0.3 is 22.0 Å². The lowest BCUT2D eigenvalue weighted by molar-refractivity contribution is -0.385. The van der Waals surface area contributed by atoms with Gasteiger partial charge in [-0.3, -0.25) is 29.0 Å². The maximum absolute atomic E-state index is 13.0. The van der Waals surface area contributed by atoms with Gasteiger partial charge in [0.2, 0.25) is 11.9 Å². The second kappa shape index (κ2) is 9.78. The number of carbonyl (C=O) groups is 1. The molecule has 0 saturated carbocycles. The number of pyridine rings is 1. The van der Waals surface area contributed by atoms with Crippen LogP contribution in [0.3, 0.4) is 0 Å². The Morgan fingerprint density at radius 2 is 1.97 bits per heavy atom. The molecule has 14 nitrogen and oxygen atoms in total. The van der Waals surface area contributed by atoms with Crippen LogP contribution in [-0.2, 0) is 19.7 Å². The fraction of sp³-hybridized carbons (Fsp3) is 0.235. The van der Waals surface area contributed by atoms with E-state index in [-0.39, 0.29) is 19.0 Å². The number of nitrogens with one attached hydrogen (secondary N) is 1. The fourth-order valence-electron chi connectivity index (χ4n) is 2.76. The molecule has 1 heterocycles. The van der Waals surface area contributed by atoms with Crippen molar-refractivity contribution in [1.82, 2.24) is 4.57 Å². The van der Waals surface area contributed by atoms with Crippen LogP contribution in [0, 0.1) is 17.0 Å². The van der Waals surface area contributed by atoms with E-state index in [1.54, 1.807) is 0 Å². The molecule has 0 fully saturated rings. The first kappa shape index (κ1) is 24.1. The number of benzene rings is 1. The highest BCUT2D eigenvalue weighted by Gasteiger charge is 2.24. The molecule has 172 valence electrons. The normalized spacial score (nSPS) is 11.9. The third-order valence-corrected chi connectivity index (χ3v) is 5.56. The van der Waals surface area contributed by atoms with Crippen LogP contribution in [-0.4, -0.2) is 36.4 Å². The molecule has 2 rings (SSSR count). The van der Waals surface area contributed by atoms with E-state index >= 15 is 0 Å². The van der Waals surface area contributed by atoms with Gasteiger partial charge in [-0.2, -0.15) is 0 Å². The molecule has 0 spiro atoms. The number of nitrogens with zero attached hydrogens (tertiary/aromatic N) is 3. The summed E-state index contributed by atoms with van der Waals surface area (Å²) in [5.74, 6) is -1.21. The van der Waals surface area contributed by atoms with Crippen LogP contribution in [0.1, 0.15) is 18.2 Å². The first-order valence-electron chi connectivity index (χ1n) is 8.93. The van der Waals surface area contributed by atoms with Crippen LogP contribution in [0.4, 0.5) is 11.4 Å². The minimum absolute atomic E-state index is 0.0893. The number of amides is 1. The maximum atomic E-state index is 13.0. The second-order valence-corrected chi connectivity index (χ2v) is 8.16. The van der Waals surface area contributed by atoms with E-state index in [1.807, 2.05) is 0 Å². The Bertz CT molecular complexity index is 1220. The topological polar surface area (TPSA) is 228 Å². The summed E-state index contributed by atoms with van der Waals surface area (Å²) in [5.41, 5.74) is 14.3. The van der Waals surface area contributed by atoms with Gasteiger partial charge in [0.15, 0.2) is 0 Å². The van der Waals surface area contributed by atoms with E-state index in [0.29, 0.717) is 5.69 Å². The van der Waals surface area contributed by atoms with Crippen LogP contribution in [0.2, 0.25) is 0 Å². The quantitative estimate of drug-likeness (QED) is 0.116. The molecule has 15 heteroatoms. The number of hydrogen-bond donors (Lipinski definition) is 4. The lowest BCUT2D eigenvalue weighted by Crippen LogP contribution is -2.37. The Morgan fingerprint density at radius 3 is 2.56 bits per heavy atom. The summed E-state index contributed by atoms with van der Waals surface area (Å²) in [4.78, 5) is 39.5. The molecule has 1 atom stereocenters. The Labute approximate surface area is 181 Å². The van der Waals surface area contributed by atoms with E-state index < -0.39 is 48.7 Å². The predicted molar refractivity (Wildman–Crippen MR) is 114 cm³/mol. The molecule has 0 aliphatic heterocycles. The molecule has 2 aromatic rings. The van der Waals surface area contributed by atoms with Crippen LogP contribution >= 0.6 is 0 Å². The number of nitrogens with two attached hydrogens (primary N) is 3. The highest BCUT2D eigenvalue weighted by atomic mass is 32.2. The highest BCUT2D eigenvalue weighted by molar-refractivity contribution is 7.92. The zero-order valence-corrected chi connectivity index (χ0v) is 17.6. The van der Waals surface area contributed by atoms with Crippen LogP contribution < -0.4 is 27.5 Å². The minimum atomic E-state index is -4.35. The standard InChI is InChI=1S/C17H21N7O7S/c1-10-5-6-13(22-32(29,30)12-4-2-3-11(9-12)24(27)28)16(26)23(10)14(15(18)25)7-8-31-21-17(19)20/h2-6,9,14,22H,7-8H2,1H3,(H2,18,25)(H4,19,20,21). The summed E-state index contributed by atoms with van der Waals surface area (Å²) >= 11 is 0. The number of nitro groups is 1. The minimum Gasteiger partial charge on any atom is -0.393 e. The molecule has 1 aromatic heterocycles. The van der Waals surface area contributed by atoms with Crippen LogP contribution in [0.15, 0.2) is 51.2 Å². The van der Waals surface area contributed by atoms with Gasteiger partial charge in [-0.1, -0.05) is 6.07 Å². The summed E-state index contributed by atoms with van der Waals surface area (Å²) < 4.78 is 28.4. The Kier molecular flexibility index (Phi) is 7.37. The van der Waals surface area contributed by atoms with E-state index in [0.717, 1.165) is 22.8 Å². The van der Waals surface area contributed by atoms with Gasteiger partial charge in [-0.25, -0.2) is 8.42 Å². The van der Waals surface area contributed by atoms with Gasteiger partial charge >= 0.3 is 0 Å². The molecule has 0 aliphatic carbocycles. The summed E-state index contributed by atoms with van der Waals surface area (Å²) in [7, 11) is -4.35. The van der Waals surface area contributed by atoms with Gasteiger partial charge in [0.05, 0.1) is 9.82 Å². The van der Waals surface area contributed by atoms with Crippen LogP contribution in [0.5, 0.6) is 0 Å². The summed E-state index contributed by atoms with van der Waals surface area (Å²) in [5, 5.41) is 14.2. The third-order valence-electron chi connectivity index (χ3n) is 4.20. The summed E-state index contributed by atoms with van der Waals surface area (Å²) in [6.45, 7) is 1.36. The largest absolute Gasteiger partial charge is 0.393 e. The van der Waals surface area contributed by atoms with Gasteiger partial charge in [0.25, 0.3) is 21.3 Å². The zero-order valence-electron chi connectivity index (χ0n) is 16.8. The number of anilines is 1. The number of carbonyl (C=O) groups excluding carboxylic acids is 1. The number of sulfonamides is 1. The molecule has 0 bridgehead atoms. The van der Waals surface area contributed by atoms with E-state index in [2.05, 4.69) is 9.88 Å². The maximum Gasteiger partial charge on any atom is 0.275 e. The number of primary amides is 1. The first-order chi connectivity index (χ1) is 14.9. The van der Waals surface area contributed by atoms with Gasteiger partial charge in [-0.15, -0.1) is 0 Å². The number of guanidine groups is 1. The smallest absolute Gasteiger partial charge is 0.275 e. The molecule has 7 N–H and O–H groups in total. The fourth-order valence-corrected chi connectivity index (χ4v) is 3.86. The number of nitro benzene ring substituents is 1. The van der Waals surface area contributed by atoms with Gasteiger partial charge in [0, 0.05) is 24.2 Å². The van der Waals surface area contributed by atoms with E-state index in [4.69, 9.17) is 22.0 Å². The van der Waals surface area contributed by atoms with E-state index in [1.165, 1.54) is 25.1 Å². The predicted octanol–water partition coefficient (Wildman–Crippen LogP) is -0.513. The molecular formula is C17H21N7O7S. The molecule has 1 amide bonds. The lowest BCUT2D eigenvalue weighted by Gasteiger charge is -2.20. The molecule has 0 aliphatic rings. The van der Waals surface area contributed by atoms with Crippen molar-refractivity contribution in [2.45, 2.75) is 24.3 Å². The third kappa shape index (κ3) is 5.72. The molecule has 1 aromatic carbocycles. The average Bonchev–Trinajstić information content (AvgIpc) is 2.71. The van der Waals surface area contributed by atoms with E-state index in [9.17, 15) is 28.1 Å². The molecular weight excluding hydrogens is 446 g/mol. The van der Waals surface area contributed by atoms with Crippen molar-refractivity contribution in [3.63, 3.8) is 0 Å². The Hall–Kier alpha value is -4.14. The van der Waals surface area contributed by atoms with Crippen molar-refractivity contribution in [3.05, 3.63) is 62.6 Å². The van der Waals surface area contributed by atoms with Crippen molar-refractivity contribution < 1.29 is 23.0 Å². The summed E-state index contributed by atoms with van der Waals surface area (Å²) in [6.07, 6.45) is -0.0893. The molecule has 1 unspecified atom stereocenters. The molecule has 0 saturated heterocycles. The van der Waals surface area contributed by atoms with Crippen molar-refractivity contribution in [2.24, 2.45) is 22.4 Å². The average molecular weight is 467 g/mol. The number of rotatable bonds is 10. The number of hydrogen-bond acceptors (Lipinski definition) is 8. The molecule has 0 radical (unpaired) electrons. The van der Waals surface area contributed by atoms with Crippen LogP contribution in [0.25, 0.3) is 0 Å². The van der Waals surface area contributed by atoms with Crippen molar-refractivity contribution in [2.75, 3.05) is 11.3 Å².